The van der Waals surface area contributed by atoms with Crippen LogP contribution in [-0.4, -0.2) is 53.1 Å². The van der Waals surface area contributed by atoms with E-state index in [-0.39, 0.29) is 5.96 Å². The smallest absolute Gasteiger partial charge is 0.237 e. The van der Waals surface area contributed by atoms with Gasteiger partial charge in [-0.05, 0) is 27.3 Å². The number of tetrazole rings is 2. The van der Waals surface area contributed by atoms with Crippen LogP contribution >= 0.6 is 0 Å². The van der Waals surface area contributed by atoms with Crippen molar-refractivity contribution in [3.05, 3.63) is 12.7 Å². The van der Waals surface area contributed by atoms with Crippen molar-refractivity contribution in [2.45, 2.75) is 13.3 Å². The summed E-state index contributed by atoms with van der Waals surface area (Å²) in [5, 5.41) is 26.9. The van der Waals surface area contributed by atoms with Gasteiger partial charge in [-0.3, -0.25) is 0 Å². The Balaban J connectivity index is 2.22. The lowest BCUT2D eigenvalue weighted by molar-refractivity contribution is 0.585. The van der Waals surface area contributed by atoms with E-state index in [4.69, 9.17) is 5.73 Å². The maximum absolute atomic E-state index is 5.83. The molecule has 0 aliphatic heterocycles. The molecule has 2 rings (SSSR count). The average molecular weight is 237 g/mol. The van der Waals surface area contributed by atoms with Crippen LogP contribution in [0.3, 0.4) is 0 Å². The monoisotopic (exact) mass is 237 g/mol. The van der Waals surface area contributed by atoms with Gasteiger partial charge in [-0.2, -0.15) is 0 Å². The Morgan fingerprint density at radius 3 is 2.65 bits per heavy atom. The molecule has 0 bridgehead atoms. The number of hydrogen-bond donors (Lipinski definition) is 1. The maximum atomic E-state index is 5.83. The number of aromatic nitrogens is 8. The molecule has 0 unspecified atom stereocenters. The van der Waals surface area contributed by atoms with E-state index in [0.717, 1.165) is 11.2 Å². The standard InChI is InChI=1S/C6H11N11/c1-2-3-15(17-5-9-12-14-17)6(7)10-16-4-8-11-13-16/h4-5H,2-3H2,1H3,(H2,7,10). The fraction of sp³-hybridized carbons (Fsp3) is 0.500. The van der Waals surface area contributed by atoms with Crippen LogP contribution in [0, 0.1) is 0 Å². The molecule has 0 saturated heterocycles. The van der Waals surface area contributed by atoms with Crippen LogP contribution in [-0.2, 0) is 0 Å². The van der Waals surface area contributed by atoms with E-state index >= 15 is 0 Å². The molecular weight excluding hydrogens is 226 g/mol. The predicted octanol–water partition coefficient (Wildman–Crippen LogP) is -2.21. The van der Waals surface area contributed by atoms with Gasteiger partial charge >= 0.3 is 0 Å². The third kappa shape index (κ3) is 2.50. The zero-order chi connectivity index (χ0) is 12.1. The van der Waals surface area contributed by atoms with E-state index in [1.165, 1.54) is 17.4 Å². The number of hydrogen-bond acceptors (Lipinski definition) is 7. The van der Waals surface area contributed by atoms with Gasteiger partial charge in [0.1, 0.15) is 0 Å². The summed E-state index contributed by atoms with van der Waals surface area (Å²) in [7, 11) is 0. The van der Waals surface area contributed by atoms with Crippen LogP contribution < -0.4 is 10.7 Å². The Bertz CT molecular complexity index is 456. The Hall–Kier alpha value is -2.59. The van der Waals surface area contributed by atoms with E-state index in [0.29, 0.717) is 6.54 Å². The molecular formula is C6H11N11. The molecule has 0 atom stereocenters. The van der Waals surface area contributed by atoms with Crippen LogP contribution in [0.5, 0.6) is 0 Å². The molecule has 0 fully saturated rings. The van der Waals surface area contributed by atoms with Gasteiger partial charge in [-0.1, -0.05) is 6.92 Å². The van der Waals surface area contributed by atoms with Gasteiger partial charge in [0, 0.05) is 6.54 Å². The van der Waals surface area contributed by atoms with Crippen molar-refractivity contribution >= 4 is 5.96 Å². The number of rotatable bonds is 4. The minimum absolute atomic E-state index is 0.187. The molecule has 17 heavy (non-hydrogen) atoms. The Morgan fingerprint density at radius 1 is 1.29 bits per heavy atom. The summed E-state index contributed by atoms with van der Waals surface area (Å²) in [6, 6.07) is 0. The first-order valence-electron chi connectivity index (χ1n) is 4.89. The van der Waals surface area contributed by atoms with Gasteiger partial charge in [-0.15, -0.1) is 24.9 Å². The first-order valence-corrected chi connectivity index (χ1v) is 4.89. The Labute approximate surface area is 95.9 Å². The normalized spacial score (nSPS) is 11.7. The molecule has 11 heteroatoms. The van der Waals surface area contributed by atoms with Gasteiger partial charge in [0.25, 0.3) is 0 Å². The van der Waals surface area contributed by atoms with Gasteiger partial charge in [0.05, 0.1) is 0 Å². The molecule has 90 valence electrons. The molecule has 2 heterocycles. The molecule has 0 spiro atoms. The van der Waals surface area contributed by atoms with Crippen LogP contribution in [0.2, 0.25) is 0 Å². The van der Waals surface area contributed by atoms with Gasteiger partial charge in [0.15, 0.2) is 12.7 Å². The average Bonchev–Trinajstić information content (AvgIpc) is 2.97. The minimum atomic E-state index is 0.187. The van der Waals surface area contributed by atoms with Crippen LogP contribution in [0.25, 0.3) is 0 Å². The van der Waals surface area contributed by atoms with E-state index < -0.39 is 0 Å². The summed E-state index contributed by atoms with van der Waals surface area (Å²) in [5.41, 5.74) is 5.83. The molecule has 2 aromatic heterocycles. The summed E-state index contributed by atoms with van der Waals surface area (Å²) >= 11 is 0. The molecule has 0 aliphatic carbocycles. The SMILES string of the molecule is CCCN(/C(N)=N/n1cnnn1)n1cnnn1. The second-order valence-corrected chi connectivity index (χ2v) is 3.04. The third-order valence-corrected chi connectivity index (χ3v) is 1.83. The summed E-state index contributed by atoms with van der Waals surface area (Å²) in [6.07, 6.45) is 3.61. The molecule has 0 amide bonds. The van der Waals surface area contributed by atoms with Crippen molar-refractivity contribution in [3.63, 3.8) is 0 Å². The number of guanidine groups is 1. The molecule has 2 aromatic rings. The van der Waals surface area contributed by atoms with Crippen LogP contribution in [0.1, 0.15) is 13.3 Å². The van der Waals surface area contributed by atoms with Gasteiger partial charge in [-0.25, -0.2) is 5.01 Å². The Morgan fingerprint density at radius 2 is 2.06 bits per heavy atom. The van der Waals surface area contributed by atoms with Crippen LogP contribution in [0.15, 0.2) is 17.8 Å². The highest BCUT2D eigenvalue weighted by molar-refractivity contribution is 5.87. The highest BCUT2D eigenvalue weighted by atomic mass is 15.8. The lowest BCUT2D eigenvalue weighted by Gasteiger charge is -2.20. The predicted molar refractivity (Wildman–Crippen MR) is 56.0 cm³/mol. The van der Waals surface area contributed by atoms with Gasteiger partial charge < -0.3 is 5.73 Å². The van der Waals surface area contributed by atoms with Crippen molar-refractivity contribution in [2.24, 2.45) is 10.8 Å². The first kappa shape index (κ1) is 10.9. The van der Waals surface area contributed by atoms with Crippen molar-refractivity contribution in [3.8, 4) is 0 Å². The minimum Gasteiger partial charge on any atom is -0.367 e. The van der Waals surface area contributed by atoms with E-state index in [1.807, 2.05) is 6.92 Å². The molecule has 0 aromatic carbocycles. The number of nitrogens with two attached hydrogens (primary N) is 1. The van der Waals surface area contributed by atoms with Crippen LogP contribution in [0.4, 0.5) is 0 Å². The Kier molecular flexibility index (Phi) is 3.18. The second-order valence-electron chi connectivity index (χ2n) is 3.04. The second kappa shape index (κ2) is 4.96. The largest absolute Gasteiger partial charge is 0.367 e. The fourth-order valence-corrected chi connectivity index (χ4v) is 1.16. The highest BCUT2D eigenvalue weighted by Gasteiger charge is 2.10. The lowest BCUT2D eigenvalue weighted by Crippen LogP contribution is -2.46. The van der Waals surface area contributed by atoms with E-state index in [2.05, 4.69) is 36.2 Å². The summed E-state index contributed by atoms with van der Waals surface area (Å²) in [6.45, 7) is 2.62. The van der Waals surface area contributed by atoms with Crippen molar-refractivity contribution in [1.29, 1.82) is 0 Å². The summed E-state index contributed by atoms with van der Waals surface area (Å²) < 4.78 is 0. The summed E-state index contributed by atoms with van der Waals surface area (Å²) in [5.74, 6) is 0.187. The van der Waals surface area contributed by atoms with Crippen molar-refractivity contribution in [2.75, 3.05) is 11.6 Å². The first-order chi connectivity index (χ1) is 8.31. The molecule has 0 aliphatic rings. The lowest BCUT2D eigenvalue weighted by atomic mass is 10.5. The third-order valence-electron chi connectivity index (χ3n) is 1.83. The molecule has 0 saturated carbocycles. The highest BCUT2D eigenvalue weighted by Crippen LogP contribution is 1.90. The number of nitrogens with zero attached hydrogens (tertiary/aromatic N) is 10. The molecule has 0 radical (unpaired) electrons. The maximum Gasteiger partial charge on any atom is 0.237 e. The van der Waals surface area contributed by atoms with E-state index in [9.17, 15) is 0 Å². The van der Waals surface area contributed by atoms with E-state index in [1.54, 1.807) is 5.01 Å². The van der Waals surface area contributed by atoms with Crippen molar-refractivity contribution in [1.82, 2.24) is 40.6 Å². The molecule has 2 N–H and O–H groups in total. The van der Waals surface area contributed by atoms with Crippen molar-refractivity contribution < 1.29 is 0 Å². The molecule has 11 nitrogen and oxygen atoms in total. The quantitative estimate of drug-likeness (QED) is 0.468. The fourth-order valence-electron chi connectivity index (χ4n) is 1.16. The zero-order valence-electron chi connectivity index (χ0n) is 9.12. The topological polar surface area (TPSA) is 129 Å². The zero-order valence-corrected chi connectivity index (χ0v) is 9.12. The van der Waals surface area contributed by atoms with Gasteiger partial charge in [0.2, 0.25) is 5.96 Å². The summed E-state index contributed by atoms with van der Waals surface area (Å²) in [4.78, 5) is 2.55.